The van der Waals surface area contributed by atoms with Crippen LogP contribution in [0.15, 0.2) is 30.3 Å². The topological polar surface area (TPSA) is 72.2 Å². The van der Waals surface area contributed by atoms with Gasteiger partial charge in [0.1, 0.15) is 0 Å². The highest BCUT2D eigenvalue weighted by molar-refractivity contribution is 5.96. The summed E-state index contributed by atoms with van der Waals surface area (Å²) in [4.78, 5) is 21.4. The lowest BCUT2D eigenvalue weighted by Gasteiger charge is -1.93. The molecular weight excluding hydrogens is 192 g/mol. The van der Waals surface area contributed by atoms with E-state index in [1.807, 2.05) is 18.2 Å². The molecule has 0 saturated heterocycles. The summed E-state index contributed by atoms with van der Waals surface area (Å²) in [6.07, 6.45) is 0. The van der Waals surface area contributed by atoms with E-state index >= 15 is 0 Å². The van der Waals surface area contributed by atoms with E-state index in [-0.39, 0.29) is 6.54 Å². The molecule has 0 aliphatic carbocycles. The standard InChI is InChI=1S/C11H10N2O2/c12-10(14)8-13-11(15)7-6-9-4-2-1-3-5-9/h1-5H,8H2,(H2,12,14)(H,13,15). The molecule has 76 valence electrons. The zero-order valence-electron chi connectivity index (χ0n) is 7.99. The van der Waals surface area contributed by atoms with E-state index in [0.29, 0.717) is 0 Å². The summed E-state index contributed by atoms with van der Waals surface area (Å²) in [6.45, 7) is -0.192. The predicted molar refractivity (Wildman–Crippen MR) is 55.5 cm³/mol. The van der Waals surface area contributed by atoms with Gasteiger partial charge in [-0.3, -0.25) is 9.59 Å². The third-order valence-electron chi connectivity index (χ3n) is 1.52. The minimum absolute atomic E-state index is 0.192. The average molecular weight is 202 g/mol. The minimum atomic E-state index is -0.593. The van der Waals surface area contributed by atoms with Gasteiger partial charge in [-0.2, -0.15) is 0 Å². The normalized spacial score (nSPS) is 8.53. The number of hydrogen-bond acceptors (Lipinski definition) is 2. The maximum Gasteiger partial charge on any atom is 0.296 e. The van der Waals surface area contributed by atoms with Gasteiger partial charge < -0.3 is 11.1 Å². The number of hydrogen-bond donors (Lipinski definition) is 2. The van der Waals surface area contributed by atoms with Crippen LogP contribution in [0.5, 0.6) is 0 Å². The van der Waals surface area contributed by atoms with Gasteiger partial charge in [-0.1, -0.05) is 24.1 Å². The van der Waals surface area contributed by atoms with E-state index in [1.165, 1.54) is 0 Å². The predicted octanol–water partition coefficient (Wildman–Crippen LogP) is -0.360. The number of primary amides is 1. The fraction of sp³-hybridized carbons (Fsp3) is 0.0909. The molecule has 4 nitrogen and oxygen atoms in total. The lowest BCUT2D eigenvalue weighted by Crippen LogP contribution is -2.32. The molecule has 0 aromatic heterocycles. The molecule has 1 rings (SSSR count). The van der Waals surface area contributed by atoms with Gasteiger partial charge in [-0.05, 0) is 12.1 Å². The lowest BCUT2D eigenvalue weighted by atomic mass is 10.2. The first-order valence-corrected chi connectivity index (χ1v) is 4.31. The lowest BCUT2D eigenvalue weighted by molar-refractivity contribution is -0.121. The van der Waals surface area contributed by atoms with Crippen LogP contribution in [0.1, 0.15) is 5.56 Å². The van der Waals surface area contributed by atoms with Gasteiger partial charge in [0.25, 0.3) is 5.91 Å². The third-order valence-corrected chi connectivity index (χ3v) is 1.52. The van der Waals surface area contributed by atoms with Crippen molar-refractivity contribution >= 4 is 11.8 Å². The minimum Gasteiger partial charge on any atom is -0.368 e. The van der Waals surface area contributed by atoms with Crippen molar-refractivity contribution in [2.75, 3.05) is 6.54 Å². The molecule has 1 aromatic carbocycles. The molecule has 0 spiro atoms. The van der Waals surface area contributed by atoms with E-state index in [0.717, 1.165) is 5.56 Å². The first-order chi connectivity index (χ1) is 7.18. The van der Waals surface area contributed by atoms with Crippen LogP contribution in [-0.2, 0) is 9.59 Å². The highest BCUT2D eigenvalue weighted by Gasteiger charge is 1.96. The Morgan fingerprint density at radius 2 is 1.93 bits per heavy atom. The van der Waals surface area contributed by atoms with Crippen LogP contribution in [0.4, 0.5) is 0 Å². The smallest absolute Gasteiger partial charge is 0.296 e. The Labute approximate surface area is 87.5 Å². The van der Waals surface area contributed by atoms with Gasteiger partial charge in [0.15, 0.2) is 0 Å². The molecule has 15 heavy (non-hydrogen) atoms. The van der Waals surface area contributed by atoms with Gasteiger partial charge in [-0.15, -0.1) is 0 Å². The number of benzene rings is 1. The summed E-state index contributed by atoms with van der Waals surface area (Å²) in [5.74, 6) is 3.89. The van der Waals surface area contributed by atoms with Crippen LogP contribution < -0.4 is 11.1 Å². The fourth-order valence-corrected chi connectivity index (χ4v) is 0.862. The second kappa shape index (κ2) is 5.45. The number of carbonyl (C=O) groups excluding carboxylic acids is 2. The number of nitrogens with one attached hydrogen (secondary N) is 1. The van der Waals surface area contributed by atoms with Crippen molar-refractivity contribution in [3.8, 4) is 11.8 Å². The molecule has 0 aliphatic heterocycles. The highest BCUT2D eigenvalue weighted by atomic mass is 16.2. The second-order valence-corrected chi connectivity index (χ2v) is 2.77. The molecule has 0 atom stereocenters. The zero-order valence-corrected chi connectivity index (χ0v) is 7.99. The van der Waals surface area contributed by atoms with Gasteiger partial charge in [0, 0.05) is 11.5 Å². The maximum atomic E-state index is 11.0. The first-order valence-electron chi connectivity index (χ1n) is 4.31. The molecule has 0 radical (unpaired) electrons. The molecule has 2 amide bonds. The molecule has 0 unspecified atom stereocenters. The van der Waals surface area contributed by atoms with Crippen LogP contribution in [0, 0.1) is 11.8 Å². The van der Waals surface area contributed by atoms with Crippen molar-refractivity contribution in [1.82, 2.24) is 5.32 Å². The summed E-state index contributed by atoms with van der Waals surface area (Å²) < 4.78 is 0. The molecule has 0 bridgehead atoms. The van der Waals surface area contributed by atoms with E-state index < -0.39 is 11.8 Å². The zero-order chi connectivity index (χ0) is 11.1. The number of amides is 2. The van der Waals surface area contributed by atoms with Gasteiger partial charge in [-0.25, -0.2) is 0 Å². The van der Waals surface area contributed by atoms with Crippen LogP contribution in [0.3, 0.4) is 0 Å². The summed E-state index contributed by atoms with van der Waals surface area (Å²) in [5, 5.41) is 2.27. The fourth-order valence-electron chi connectivity index (χ4n) is 0.862. The van der Waals surface area contributed by atoms with E-state index in [1.54, 1.807) is 12.1 Å². The largest absolute Gasteiger partial charge is 0.368 e. The number of carbonyl (C=O) groups is 2. The van der Waals surface area contributed by atoms with Crippen molar-refractivity contribution < 1.29 is 9.59 Å². The monoisotopic (exact) mass is 202 g/mol. The van der Waals surface area contributed by atoms with Crippen LogP contribution in [0.2, 0.25) is 0 Å². The van der Waals surface area contributed by atoms with E-state index in [2.05, 4.69) is 17.2 Å². The number of rotatable bonds is 2. The molecule has 1 aromatic rings. The molecule has 0 saturated carbocycles. The molecule has 0 fully saturated rings. The highest BCUT2D eigenvalue weighted by Crippen LogP contribution is 1.94. The quantitative estimate of drug-likeness (QED) is 0.643. The number of nitrogens with two attached hydrogens (primary N) is 1. The maximum absolute atomic E-state index is 11.0. The van der Waals surface area contributed by atoms with E-state index in [9.17, 15) is 9.59 Å². The van der Waals surface area contributed by atoms with Crippen LogP contribution >= 0.6 is 0 Å². The third kappa shape index (κ3) is 4.48. The Morgan fingerprint density at radius 3 is 2.53 bits per heavy atom. The Bertz CT molecular complexity index is 415. The van der Waals surface area contributed by atoms with Gasteiger partial charge in [0.05, 0.1) is 6.54 Å². The molecule has 4 heteroatoms. The second-order valence-electron chi connectivity index (χ2n) is 2.77. The van der Waals surface area contributed by atoms with Crippen molar-refractivity contribution in [2.24, 2.45) is 5.73 Å². The molecule has 0 aliphatic rings. The van der Waals surface area contributed by atoms with Crippen molar-refractivity contribution in [2.45, 2.75) is 0 Å². The summed E-state index contributed by atoms with van der Waals surface area (Å²) in [6, 6.07) is 9.08. The first kappa shape index (κ1) is 10.8. The molecule has 0 heterocycles. The molecular formula is C11H10N2O2. The Kier molecular flexibility index (Phi) is 3.92. The van der Waals surface area contributed by atoms with Crippen molar-refractivity contribution in [3.63, 3.8) is 0 Å². The van der Waals surface area contributed by atoms with Crippen molar-refractivity contribution in [1.29, 1.82) is 0 Å². The molecule has 3 N–H and O–H groups in total. The summed E-state index contributed by atoms with van der Waals surface area (Å²) >= 11 is 0. The Hall–Kier alpha value is -2.28. The van der Waals surface area contributed by atoms with Gasteiger partial charge in [0.2, 0.25) is 5.91 Å². The van der Waals surface area contributed by atoms with Crippen molar-refractivity contribution in [3.05, 3.63) is 35.9 Å². The Balaban J connectivity index is 2.51. The van der Waals surface area contributed by atoms with Crippen LogP contribution in [0.25, 0.3) is 0 Å². The summed E-state index contributed by atoms with van der Waals surface area (Å²) in [5.41, 5.74) is 5.59. The Morgan fingerprint density at radius 1 is 1.27 bits per heavy atom. The van der Waals surface area contributed by atoms with Crippen LogP contribution in [-0.4, -0.2) is 18.4 Å². The van der Waals surface area contributed by atoms with Gasteiger partial charge >= 0.3 is 0 Å². The van der Waals surface area contributed by atoms with E-state index in [4.69, 9.17) is 5.73 Å². The average Bonchev–Trinajstić information content (AvgIpc) is 2.25. The summed E-state index contributed by atoms with van der Waals surface area (Å²) in [7, 11) is 0. The SMILES string of the molecule is NC(=O)CNC(=O)C#Cc1ccccc1.